The second-order valence-electron chi connectivity index (χ2n) is 9.63. The van der Waals surface area contributed by atoms with Crippen LogP contribution in [0.2, 0.25) is 0 Å². The van der Waals surface area contributed by atoms with Crippen molar-refractivity contribution in [3.63, 3.8) is 0 Å². The van der Waals surface area contributed by atoms with Gasteiger partial charge in [0.1, 0.15) is 0 Å². The van der Waals surface area contributed by atoms with E-state index in [1.807, 2.05) is 0 Å². The lowest BCUT2D eigenvalue weighted by Crippen LogP contribution is -1.99. The molecule has 2 aromatic heterocycles. The van der Waals surface area contributed by atoms with Crippen LogP contribution in [0.25, 0.3) is 60.4 Å². The first-order valence-electron chi connectivity index (χ1n) is 12.3. The summed E-state index contributed by atoms with van der Waals surface area (Å²) in [6.07, 6.45) is 0. The number of rotatable bonds is 3. The zero-order valence-corrected chi connectivity index (χ0v) is 19.9. The van der Waals surface area contributed by atoms with Gasteiger partial charge in [0, 0.05) is 44.3 Å². The summed E-state index contributed by atoms with van der Waals surface area (Å²) in [6.45, 7) is 4.52. The van der Waals surface area contributed by atoms with Gasteiger partial charge in [-0.15, -0.1) is 0 Å². The van der Waals surface area contributed by atoms with E-state index in [-0.39, 0.29) is 0 Å². The van der Waals surface area contributed by atoms with E-state index in [4.69, 9.17) is 0 Å². The van der Waals surface area contributed by atoms with Crippen LogP contribution in [0.4, 0.5) is 0 Å². The van der Waals surface area contributed by atoms with Crippen LogP contribution in [0.1, 0.15) is 19.9 Å². The first kappa shape index (κ1) is 20.1. The summed E-state index contributed by atoms with van der Waals surface area (Å²) in [7, 11) is 0. The van der Waals surface area contributed by atoms with Crippen LogP contribution in [-0.4, -0.2) is 9.13 Å². The number of aromatic nitrogens is 2. The van der Waals surface area contributed by atoms with E-state index in [1.54, 1.807) is 0 Å². The maximum atomic E-state index is 2.45. The predicted octanol–water partition coefficient (Wildman–Crippen LogP) is 9.14. The van der Waals surface area contributed by atoms with Crippen molar-refractivity contribution < 1.29 is 0 Å². The predicted molar refractivity (Wildman–Crippen MR) is 150 cm³/mol. The van der Waals surface area contributed by atoms with Crippen LogP contribution in [0, 0.1) is 0 Å². The molecule has 2 nitrogen and oxygen atoms in total. The van der Waals surface area contributed by atoms with E-state index in [2.05, 4.69) is 138 Å². The topological polar surface area (TPSA) is 9.86 Å². The molecule has 0 bridgehead atoms. The fraction of sp³-hybridized carbons (Fsp3) is 0.0909. The Hall–Kier alpha value is -4.30. The third-order valence-corrected chi connectivity index (χ3v) is 7.25. The summed E-state index contributed by atoms with van der Waals surface area (Å²) >= 11 is 0. The molecule has 0 aliphatic rings. The second-order valence-corrected chi connectivity index (χ2v) is 9.63. The minimum absolute atomic E-state index is 0.404. The molecular weight excluding hydrogens is 424 g/mol. The first-order chi connectivity index (χ1) is 17.2. The van der Waals surface area contributed by atoms with Gasteiger partial charge in [0.05, 0.1) is 11.0 Å². The Labute approximate surface area is 204 Å². The van der Waals surface area contributed by atoms with Gasteiger partial charge in [-0.1, -0.05) is 72.8 Å². The average molecular weight is 451 g/mol. The Balaban J connectivity index is 1.50. The molecule has 0 aliphatic heterocycles. The van der Waals surface area contributed by atoms with E-state index in [0.717, 1.165) is 0 Å². The van der Waals surface area contributed by atoms with Crippen molar-refractivity contribution in [2.75, 3.05) is 0 Å². The molecule has 0 atom stereocenters. The van der Waals surface area contributed by atoms with Crippen LogP contribution in [0.15, 0.2) is 115 Å². The first-order valence-corrected chi connectivity index (χ1v) is 12.3. The zero-order valence-electron chi connectivity index (χ0n) is 19.9. The van der Waals surface area contributed by atoms with E-state index in [1.165, 1.54) is 60.4 Å². The molecule has 0 aliphatic carbocycles. The molecule has 2 heterocycles. The lowest BCUT2D eigenvalue weighted by Gasteiger charge is -2.12. The minimum atomic E-state index is 0.404. The molecular formula is C33H26N2. The van der Waals surface area contributed by atoms with Crippen molar-refractivity contribution in [1.29, 1.82) is 0 Å². The van der Waals surface area contributed by atoms with Crippen molar-refractivity contribution in [3.05, 3.63) is 115 Å². The van der Waals surface area contributed by atoms with Gasteiger partial charge in [-0.2, -0.15) is 0 Å². The molecule has 5 aromatic carbocycles. The lowest BCUT2D eigenvalue weighted by molar-refractivity contribution is 0.642. The van der Waals surface area contributed by atoms with Crippen LogP contribution in [0.5, 0.6) is 0 Å². The summed E-state index contributed by atoms with van der Waals surface area (Å²) in [5.41, 5.74) is 8.74. The summed E-state index contributed by atoms with van der Waals surface area (Å²) < 4.78 is 4.84. The molecule has 0 saturated heterocycles. The molecule has 0 N–H and O–H groups in total. The monoisotopic (exact) mass is 450 g/mol. The SMILES string of the molecule is CC(C)n1c2ccccc2c2cc(-c3ccc4c5ccccc5n(-c5ccccc5)c4c3)ccc21. The molecule has 0 amide bonds. The number of para-hydroxylation sites is 3. The van der Waals surface area contributed by atoms with Gasteiger partial charge < -0.3 is 9.13 Å². The Kier molecular flexibility index (Phi) is 4.37. The van der Waals surface area contributed by atoms with Crippen LogP contribution >= 0.6 is 0 Å². The van der Waals surface area contributed by atoms with E-state index in [9.17, 15) is 0 Å². The van der Waals surface area contributed by atoms with E-state index >= 15 is 0 Å². The number of hydrogen-bond acceptors (Lipinski definition) is 0. The fourth-order valence-corrected chi connectivity index (χ4v) is 5.74. The van der Waals surface area contributed by atoms with Gasteiger partial charge in [-0.05, 0) is 67.4 Å². The number of nitrogens with zero attached hydrogens (tertiary/aromatic N) is 2. The Morgan fingerprint density at radius 3 is 1.80 bits per heavy atom. The van der Waals surface area contributed by atoms with E-state index in [0.29, 0.717) is 6.04 Å². The summed E-state index contributed by atoms with van der Waals surface area (Å²) in [5.74, 6) is 0. The molecule has 0 fully saturated rings. The van der Waals surface area contributed by atoms with Crippen molar-refractivity contribution >= 4 is 43.6 Å². The van der Waals surface area contributed by atoms with E-state index < -0.39 is 0 Å². The lowest BCUT2D eigenvalue weighted by atomic mass is 10.0. The van der Waals surface area contributed by atoms with Crippen LogP contribution < -0.4 is 0 Å². The number of hydrogen-bond donors (Lipinski definition) is 0. The summed E-state index contributed by atoms with van der Waals surface area (Å²) in [4.78, 5) is 0. The van der Waals surface area contributed by atoms with Crippen molar-refractivity contribution in [1.82, 2.24) is 9.13 Å². The van der Waals surface area contributed by atoms with Gasteiger partial charge in [-0.25, -0.2) is 0 Å². The maximum absolute atomic E-state index is 2.45. The van der Waals surface area contributed by atoms with Gasteiger partial charge in [0.15, 0.2) is 0 Å². The smallest absolute Gasteiger partial charge is 0.0547 e. The van der Waals surface area contributed by atoms with Crippen molar-refractivity contribution in [2.24, 2.45) is 0 Å². The third-order valence-electron chi connectivity index (χ3n) is 7.25. The Morgan fingerprint density at radius 1 is 0.457 bits per heavy atom. The molecule has 2 heteroatoms. The number of fused-ring (bicyclic) bond motifs is 6. The molecule has 0 unspecified atom stereocenters. The van der Waals surface area contributed by atoms with Gasteiger partial charge in [0.2, 0.25) is 0 Å². The standard InChI is InChI=1S/C33H26N2/c1-22(2)34-30-14-8-7-13-27(30)29-20-23(17-19-32(29)34)24-16-18-28-26-12-6-9-15-31(26)35(33(28)21-24)25-10-4-3-5-11-25/h3-22H,1-2H3. The third kappa shape index (κ3) is 2.96. The van der Waals surface area contributed by atoms with Gasteiger partial charge >= 0.3 is 0 Å². The van der Waals surface area contributed by atoms with Crippen LogP contribution in [-0.2, 0) is 0 Å². The highest BCUT2D eigenvalue weighted by molar-refractivity contribution is 6.11. The molecule has 7 rings (SSSR count). The normalized spacial score (nSPS) is 12.0. The van der Waals surface area contributed by atoms with Crippen molar-refractivity contribution in [3.8, 4) is 16.8 Å². The Bertz CT molecular complexity index is 1870. The second kappa shape index (κ2) is 7.61. The highest BCUT2D eigenvalue weighted by Crippen LogP contribution is 2.37. The zero-order chi connectivity index (χ0) is 23.5. The molecule has 0 saturated carbocycles. The maximum Gasteiger partial charge on any atom is 0.0547 e. The minimum Gasteiger partial charge on any atom is -0.338 e. The summed E-state index contributed by atoms with van der Waals surface area (Å²) in [6, 6.07) is 42.4. The molecule has 0 spiro atoms. The highest BCUT2D eigenvalue weighted by atomic mass is 15.0. The Morgan fingerprint density at radius 2 is 1.03 bits per heavy atom. The largest absolute Gasteiger partial charge is 0.338 e. The molecule has 168 valence electrons. The van der Waals surface area contributed by atoms with Crippen molar-refractivity contribution in [2.45, 2.75) is 19.9 Å². The quantitative estimate of drug-likeness (QED) is 0.254. The average Bonchev–Trinajstić information content (AvgIpc) is 3.41. The highest BCUT2D eigenvalue weighted by Gasteiger charge is 2.15. The van der Waals surface area contributed by atoms with Gasteiger partial charge in [-0.3, -0.25) is 0 Å². The molecule has 0 radical (unpaired) electrons. The molecule has 35 heavy (non-hydrogen) atoms. The number of benzene rings is 5. The van der Waals surface area contributed by atoms with Crippen LogP contribution in [0.3, 0.4) is 0 Å². The molecule has 7 aromatic rings. The fourth-order valence-electron chi connectivity index (χ4n) is 5.74. The summed E-state index contributed by atoms with van der Waals surface area (Å²) in [5, 5.41) is 5.20. The van der Waals surface area contributed by atoms with Gasteiger partial charge in [0.25, 0.3) is 0 Å².